The molecule has 1 aromatic heterocycles. The Morgan fingerprint density at radius 3 is 1.75 bits per heavy atom. The highest BCUT2D eigenvalue weighted by atomic mass is 32.2. The van der Waals surface area contributed by atoms with Crippen LogP contribution in [-0.4, -0.2) is 105 Å². The van der Waals surface area contributed by atoms with Crippen LogP contribution in [0.25, 0.3) is 11.3 Å². The zero-order valence-corrected chi connectivity index (χ0v) is 30.4. The van der Waals surface area contributed by atoms with Gasteiger partial charge in [0.15, 0.2) is 0 Å². The molecule has 4 fully saturated rings. The molecule has 0 aliphatic carbocycles. The van der Waals surface area contributed by atoms with Gasteiger partial charge in [-0.1, -0.05) is 65.8 Å². The first kappa shape index (κ1) is 36.9. The summed E-state index contributed by atoms with van der Waals surface area (Å²) in [6, 6.07) is 13.8. The smallest absolute Gasteiger partial charge is 0.327 e. The molecule has 7 rings (SSSR count). The fraction of sp³-hybridized carbons (Fsp3) is 0.400. The second-order valence-corrected chi connectivity index (χ2v) is 17.4. The standard InChI is InChI=1S/C19H19N3O5S.C16H19N3O4S/c1-9-11(12(21-27-9)10-7-5-4-6-8-10)15(23)20-13-16(24)22-14(18(25)26)19(2,3)28-17(13)22;1-16(2)11(15(22)23)19-13(21)10(14(19)24-16)18-12(20)9(17)8-6-4-3-5-7-8/h4-8,13-14,17H,1-3H3,(H,20,23)(H,25,26);3-7,9-11,14H,17H2,1-2H3,(H,18,20)(H,22,23)/t13-,14+,17-;9-,10-,11+,14-/m11/s1. The molecule has 0 bridgehead atoms. The van der Waals surface area contributed by atoms with E-state index in [9.17, 15) is 39.0 Å². The van der Waals surface area contributed by atoms with Gasteiger partial charge in [-0.25, -0.2) is 9.59 Å². The van der Waals surface area contributed by atoms with Gasteiger partial charge in [-0.05, 0) is 40.2 Å². The fourth-order valence-electron chi connectivity index (χ4n) is 6.99. The number of nitrogens with zero attached hydrogens (tertiary/aromatic N) is 3. The molecule has 0 saturated carbocycles. The van der Waals surface area contributed by atoms with Gasteiger partial charge in [0, 0.05) is 15.1 Å². The Morgan fingerprint density at radius 1 is 0.808 bits per heavy atom. The number of amides is 4. The number of aryl methyl sites for hydroxylation is 1. The van der Waals surface area contributed by atoms with Crippen LogP contribution in [0.4, 0.5) is 0 Å². The van der Waals surface area contributed by atoms with Crippen LogP contribution < -0.4 is 16.4 Å². The van der Waals surface area contributed by atoms with Gasteiger partial charge in [0.2, 0.25) is 17.7 Å². The summed E-state index contributed by atoms with van der Waals surface area (Å²) in [6.45, 7) is 8.79. The summed E-state index contributed by atoms with van der Waals surface area (Å²) in [7, 11) is 0. The number of carboxylic acid groups (broad SMARTS) is 2. The quantitative estimate of drug-likeness (QED) is 0.209. The number of hydrogen-bond donors (Lipinski definition) is 5. The highest BCUT2D eigenvalue weighted by molar-refractivity contribution is 8.02. The predicted octanol–water partition coefficient (Wildman–Crippen LogP) is 2.21. The second kappa shape index (κ2) is 13.6. The number of carbonyl (C=O) groups is 6. The molecule has 4 aliphatic rings. The van der Waals surface area contributed by atoms with E-state index in [1.54, 1.807) is 58.9 Å². The van der Waals surface area contributed by atoms with Crippen LogP contribution in [0, 0.1) is 6.92 Å². The summed E-state index contributed by atoms with van der Waals surface area (Å²) in [5, 5.41) is 27.5. The van der Waals surface area contributed by atoms with E-state index in [4.69, 9.17) is 10.3 Å². The Kier molecular flexibility index (Phi) is 9.65. The minimum atomic E-state index is -1.04. The van der Waals surface area contributed by atoms with E-state index in [-0.39, 0.29) is 22.8 Å². The van der Waals surface area contributed by atoms with Crippen molar-refractivity contribution in [1.82, 2.24) is 25.6 Å². The average Bonchev–Trinajstić information content (AvgIpc) is 3.71. The highest BCUT2D eigenvalue weighted by Gasteiger charge is 2.65. The summed E-state index contributed by atoms with van der Waals surface area (Å²) in [4.78, 5) is 75.9. The number of nitrogens with two attached hydrogens (primary N) is 1. The topological polar surface area (TPSA) is 225 Å². The van der Waals surface area contributed by atoms with E-state index >= 15 is 0 Å². The molecule has 15 nitrogen and oxygen atoms in total. The van der Waals surface area contributed by atoms with E-state index in [1.165, 1.54) is 33.3 Å². The molecule has 0 spiro atoms. The van der Waals surface area contributed by atoms with Crippen molar-refractivity contribution in [3.8, 4) is 11.3 Å². The summed E-state index contributed by atoms with van der Waals surface area (Å²) >= 11 is 2.76. The third kappa shape index (κ3) is 6.30. The Balaban J connectivity index is 0.000000181. The van der Waals surface area contributed by atoms with E-state index in [0.717, 1.165) is 5.56 Å². The van der Waals surface area contributed by atoms with Crippen molar-refractivity contribution in [3.05, 3.63) is 77.6 Å². The van der Waals surface area contributed by atoms with E-state index in [1.807, 2.05) is 36.4 Å². The van der Waals surface area contributed by atoms with Gasteiger partial charge in [0.05, 0.1) is 0 Å². The third-order valence-electron chi connectivity index (χ3n) is 9.51. The molecule has 6 N–H and O–H groups in total. The van der Waals surface area contributed by atoms with Gasteiger partial charge >= 0.3 is 11.9 Å². The van der Waals surface area contributed by atoms with Crippen molar-refractivity contribution in [2.24, 2.45) is 5.73 Å². The van der Waals surface area contributed by atoms with Crippen LogP contribution in [0.3, 0.4) is 0 Å². The lowest BCUT2D eigenvalue weighted by Gasteiger charge is -2.43. The SMILES string of the molecule is CC1(C)S[C@@H]2[C@H](NC(=O)[C@H](N)c3ccccc3)C(=O)N2[C@H]1C(=O)O.Cc1onc(-c2ccccc2)c1C(=O)N[C@@H]1C(=O)N2[C@@H]1SC(C)(C)[C@@H]2C(=O)O. The summed E-state index contributed by atoms with van der Waals surface area (Å²) in [5.74, 6) is -3.40. The van der Waals surface area contributed by atoms with E-state index in [0.29, 0.717) is 17.0 Å². The number of β-lactam (4-membered cyclic amide) rings is 2. The lowest BCUT2D eigenvalue weighted by atomic mass is 9.95. The predicted molar refractivity (Wildman–Crippen MR) is 191 cm³/mol. The number of hydrogen-bond acceptors (Lipinski definition) is 11. The first-order valence-corrected chi connectivity index (χ1v) is 18.1. The summed E-state index contributed by atoms with van der Waals surface area (Å²) in [6.07, 6.45) is 0. The van der Waals surface area contributed by atoms with Crippen molar-refractivity contribution in [1.29, 1.82) is 0 Å². The summed E-state index contributed by atoms with van der Waals surface area (Å²) in [5.41, 5.74) is 8.00. The van der Waals surface area contributed by atoms with Crippen LogP contribution in [0.5, 0.6) is 0 Å². The van der Waals surface area contributed by atoms with Crippen molar-refractivity contribution in [3.63, 3.8) is 0 Å². The lowest BCUT2D eigenvalue weighted by Crippen LogP contribution is -2.71. The highest BCUT2D eigenvalue weighted by Crippen LogP contribution is 2.52. The molecule has 3 aromatic rings. The Bertz CT molecular complexity index is 1940. The number of rotatable bonds is 8. The molecular weight excluding hydrogens is 713 g/mol. The maximum absolute atomic E-state index is 12.9. The van der Waals surface area contributed by atoms with Gasteiger partial charge in [-0.2, -0.15) is 0 Å². The first-order chi connectivity index (χ1) is 24.5. The average molecular weight is 751 g/mol. The molecule has 0 unspecified atom stereocenters. The van der Waals surface area contributed by atoms with Crippen molar-refractivity contribution in [2.75, 3.05) is 0 Å². The maximum atomic E-state index is 12.9. The number of carboxylic acids is 2. The number of thioether (sulfide) groups is 2. The Morgan fingerprint density at radius 2 is 1.27 bits per heavy atom. The van der Waals surface area contributed by atoms with E-state index in [2.05, 4.69) is 15.8 Å². The van der Waals surface area contributed by atoms with Crippen LogP contribution in [0.1, 0.15) is 55.4 Å². The molecule has 4 saturated heterocycles. The van der Waals surface area contributed by atoms with Gasteiger partial charge in [-0.15, -0.1) is 23.5 Å². The van der Waals surface area contributed by atoms with Gasteiger partial charge in [0.25, 0.3) is 5.91 Å². The van der Waals surface area contributed by atoms with Gasteiger partial charge in [-0.3, -0.25) is 19.2 Å². The molecule has 4 aliphatic heterocycles. The fourth-order valence-corrected chi connectivity index (χ4v) is 10.2. The maximum Gasteiger partial charge on any atom is 0.327 e. The minimum Gasteiger partial charge on any atom is -0.480 e. The number of fused-ring (bicyclic) bond motifs is 2. The van der Waals surface area contributed by atoms with Crippen LogP contribution >= 0.6 is 23.5 Å². The molecule has 7 atom stereocenters. The van der Waals surface area contributed by atoms with Crippen LogP contribution in [0.2, 0.25) is 0 Å². The monoisotopic (exact) mass is 750 g/mol. The molecule has 4 amide bonds. The first-order valence-electron chi connectivity index (χ1n) is 16.4. The molecule has 52 heavy (non-hydrogen) atoms. The molecular formula is C35H38N6O9S2. The third-order valence-corrected chi connectivity index (χ3v) is 12.7. The Labute approximate surface area is 307 Å². The second-order valence-electron chi connectivity index (χ2n) is 13.9. The molecule has 17 heteroatoms. The number of aromatic nitrogens is 1. The van der Waals surface area contributed by atoms with Crippen molar-refractivity contribution in [2.45, 2.75) is 85.1 Å². The van der Waals surface area contributed by atoms with Crippen LogP contribution in [0.15, 0.2) is 65.2 Å². The van der Waals surface area contributed by atoms with Crippen molar-refractivity contribution < 1.29 is 43.5 Å². The Hall–Kier alpha value is -4.87. The zero-order chi connectivity index (χ0) is 37.9. The van der Waals surface area contributed by atoms with Gasteiger partial charge < -0.3 is 40.9 Å². The molecule has 274 valence electrons. The molecule has 0 radical (unpaired) electrons. The van der Waals surface area contributed by atoms with E-state index < -0.39 is 68.8 Å². The lowest BCUT2D eigenvalue weighted by molar-refractivity contribution is -0.161. The number of carbonyl (C=O) groups excluding carboxylic acids is 4. The largest absolute Gasteiger partial charge is 0.480 e. The molecule has 2 aromatic carbocycles. The van der Waals surface area contributed by atoms with Gasteiger partial charge in [0.1, 0.15) is 58.0 Å². The number of benzene rings is 2. The van der Waals surface area contributed by atoms with Crippen molar-refractivity contribution >= 4 is 59.1 Å². The normalized spacial score (nSPS) is 26.8. The zero-order valence-electron chi connectivity index (χ0n) is 28.8. The number of nitrogens with one attached hydrogen (secondary N) is 2. The number of aliphatic carboxylic acids is 2. The summed E-state index contributed by atoms with van der Waals surface area (Å²) < 4.78 is 3.95. The molecule has 5 heterocycles. The van der Waals surface area contributed by atoms with Crippen LogP contribution in [-0.2, 0) is 24.0 Å². The minimum absolute atomic E-state index is 0.273.